The average molecular weight is 212 g/mol. The third-order valence-corrected chi connectivity index (χ3v) is 3.40. The van der Waals surface area contributed by atoms with E-state index in [1.54, 1.807) is 0 Å². The first-order chi connectivity index (χ1) is 7.11. The highest BCUT2D eigenvalue weighted by atomic mass is 16.1. The van der Waals surface area contributed by atoms with Crippen LogP contribution in [-0.2, 0) is 4.79 Å². The minimum Gasteiger partial charge on any atom is -0.356 e. The Bertz CT molecular complexity index is 198. The van der Waals surface area contributed by atoms with Crippen molar-refractivity contribution >= 4 is 5.91 Å². The molecule has 1 amide bonds. The van der Waals surface area contributed by atoms with Crippen molar-refractivity contribution in [2.24, 2.45) is 17.8 Å². The van der Waals surface area contributed by atoms with Crippen molar-refractivity contribution in [2.75, 3.05) is 19.6 Å². The Morgan fingerprint density at radius 3 is 2.73 bits per heavy atom. The van der Waals surface area contributed by atoms with Crippen LogP contribution in [0.2, 0.25) is 0 Å². The second-order valence-electron chi connectivity index (χ2n) is 5.01. The first-order valence-corrected chi connectivity index (χ1v) is 6.09. The van der Waals surface area contributed by atoms with Crippen LogP contribution in [0.5, 0.6) is 0 Å². The van der Waals surface area contributed by atoms with Gasteiger partial charge in [-0.2, -0.15) is 0 Å². The van der Waals surface area contributed by atoms with Crippen molar-refractivity contribution in [1.82, 2.24) is 10.6 Å². The third kappa shape index (κ3) is 4.20. The lowest BCUT2D eigenvalue weighted by Gasteiger charge is -2.23. The number of amides is 1. The van der Waals surface area contributed by atoms with Crippen molar-refractivity contribution in [2.45, 2.75) is 33.6 Å². The Morgan fingerprint density at radius 2 is 2.20 bits per heavy atom. The molecule has 1 rings (SSSR count). The van der Waals surface area contributed by atoms with E-state index >= 15 is 0 Å². The van der Waals surface area contributed by atoms with Crippen molar-refractivity contribution < 1.29 is 4.79 Å². The molecule has 1 aliphatic heterocycles. The minimum atomic E-state index is 0.193. The van der Waals surface area contributed by atoms with Gasteiger partial charge in [0.15, 0.2) is 0 Å². The molecule has 3 nitrogen and oxygen atoms in total. The van der Waals surface area contributed by atoms with E-state index in [1.165, 1.54) is 0 Å². The van der Waals surface area contributed by atoms with E-state index in [-0.39, 0.29) is 11.8 Å². The van der Waals surface area contributed by atoms with E-state index in [9.17, 15) is 4.79 Å². The van der Waals surface area contributed by atoms with Gasteiger partial charge in [0, 0.05) is 13.1 Å². The van der Waals surface area contributed by atoms with E-state index in [1.807, 2.05) is 0 Å². The van der Waals surface area contributed by atoms with Crippen molar-refractivity contribution in [1.29, 1.82) is 0 Å². The Kier molecular flexibility index (Phi) is 5.09. The Labute approximate surface area is 93.0 Å². The number of hydrogen-bond donors (Lipinski definition) is 2. The molecule has 1 unspecified atom stereocenters. The molecule has 15 heavy (non-hydrogen) atoms. The van der Waals surface area contributed by atoms with E-state index in [0.717, 1.165) is 32.5 Å². The summed E-state index contributed by atoms with van der Waals surface area (Å²) in [5.41, 5.74) is 0. The fraction of sp³-hybridized carbons (Fsp3) is 0.917. The van der Waals surface area contributed by atoms with Gasteiger partial charge in [-0.1, -0.05) is 20.8 Å². The van der Waals surface area contributed by atoms with E-state index in [4.69, 9.17) is 0 Å². The second-order valence-corrected chi connectivity index (χ2v) is 5.01. The molecule has 0 saturated carbocycles. The fourth-order valence-electron chi connectivity index (χ4n) is 1.72. The fourth-order valence-corrected chi connectivity index (χ4v) is 1.72. The van der Waals surface area contributed by atoms with Crippen LogP contribution in [0.15, 0.2) is 0 Å². The molecule has 0 aliphatic carbocycles. The number of hydrogen-bond acceptors (Lipinski definition) is 2. The molecule has 1 heterocycles. The molecule has 0 bridgehead atoms. The molecule has 2 atom stereocenters. The summed E-state index contributed by atoms with van der Waals surface area (Å²) in [5.74, 6) is 1.62. The Balaban J connectivity index is 2.22. The van der Waals surface area contributed by atoms with Crippen molar-refractivity contribution in [3.8, 4) is 0 Å². The third-order valence-electron chi connectivity index (χ3n) is 3.40. The van der Waals surface area contributed by atoms with Crippen LogP contribution in [0.3, 0.4) is 0 Å². The molecule has 1 fully saturated rings. The topological polar surface area (TPSA) is 41.1 Å². The number of rotatable bonds is 4. The van der Waals surface area contributed by atoms with Gasteiger partial charge in [-0.05, 0) is 31.2 Å². The van der Waals surface area contributed by atoms with E-state index in [2.05, 4.69) is 31.4 Å². The van der Waals surface area contributed by atoms with E-state index in [0.29, 0.717) is 11.8 Å². The van der Waals surface area contributed by atoms with Gasteiger partial charge in [-0.25, -0.2) is 0 Å². The maximum absolute atomic E-state index is 11.8. The SMILES string of the molecule is CC(C)C(C)CNC(=O)[C@H]1CCCNC1. The predicted molar refractivity (Wildman–Crippen MR) is 62.6 cm³/mol. The van der Waals surface area contributed by atoms with Crippen LogP contribution in [-0.4, -0.2) is 25.5 Å². The number of carbonyl (C=O) groups is 1. The van der Waals surface area contributed by atoms with Crippen LogP contribution >= 0.6 is 0 Å². The van der Waals surface area contributed by atoms with Crippen LogP contribution in [0, 0.1) is 17.8 Å². The van der Waals surface area contributed by atoms with Gasteiger partial charge in [0.05, 0.1) is 5.92 Å². The summed E-state index contributed by atoms with van der Waals surface area (Å²) >= 11 is 0. The zero-order valence-electron chi connectivity index (χ0n) is 10.2. The maximum Gasteiger partial charge on any atom is 0.224 e. The van der Waals surface area contributed by atoms with Gasteiger partial charge in [-0.3, -0.25) is 4.79 Å². The van der Waals surface area contributed by atoms with Crippen LogP contribution in [0.1, 0.15) is 33.6 Å². The summed E-state index contributed by atoms with van der Waals surface area (Å²) in [7, 11) is 0. The molecule has 0 spiro atoms. The van der Waals surface area contributed by atoms with Gasteiger partial charge in [-0.15, -0.1) is 0 Å². The molecule has 0 radical (unpaired) electrons. The molecule has 1 aliphatic rings. The molecule has 0 aromatic rings. The number of piperidine rings is 1. The lowest BCUT2D eigenvalue weighted by atomic mass is 9.96. The van der Waals surface area contributed by atoms with Gasteiger partial charge in [0.1, 0.15) is 0 Å². The van der Waals surface area contributed by atoms with Crippen molar-refractivity contribution in [3.63, 3.8) is 0 Å². The zero-order valence-corrected chi connectivity index (χ0v) is 10.2. The average Bonchev–Trinajstić information content (AvgIpc) is 2.26. The number of carbonyl (C=O) groups excluding carboxylic acids is 1. The molecule has 2 N–H and O–H groups in total. The predicted octanol–water partition coefficient (Wildman–Crippen LogP) is 1.39. The first-order valence-electron chi connectivity index (χ1n) is 6.09. The normalized spacial score (nSPS) is 23.9. The quantitative estimate of drug-likeness (QED) is 0.739. The lowest BCUT2D eigenvalue weighted by molar-refractivity contribution is -0.125. The summed E-state index contributed by atoms with van der Waals surface area (Å²) < 4.78 is 0. The highest BCUT2D eigenvalue weighted by Crippen LogP contribution is 2.11. The lowest BCUT2D eigenvalue weighted by Crippen LogP contribution is -2.42. The van der Waals surface area contributed by atoms with Gasteiger partial charge >= 0.3 is 0 Å². The summed E-state index contributed by atoms with van der Waals surface area (Å²) in [6.45, 7) is 9.29. The molecule has 3 heteroatoms. The molecule has 1 saturated heterocycles. The summed E-state index contributed by atoms with van der Waals surface area (Å²) in [6.07, 6.45) is 2.16. The summed E-state index contributed by atoms with van der Waals surface area (Å²) in [6, 6.07) is 0. The van der Waals surface area contributed by atoms with Gasteiger partial charge < -0.3 is 10.6 Å². The zero-order chi connectivity index (χ0) is 11.3. The van der Waals surface area contributed by atoms with Gasteiger partial charge in [0.2, 0.25) is 5.91 Å². The smallest absolute Gasteiger partial charge is 0.224 e. The standard InChI is InChI=1S/C12H24N2O/c1-9(2)10(3)7-14-12(15)11-5-4-6-13-8-11/h9-11,13H,4-8H2,1-3H3,(H,14,15)/t10?,11-/m0/s1. The van der Waals surface area contributed by atoms with Gasteiger partial charge in [0.25, 0.3) is 0 Å². The molecule has 88 valence electrons. The molecular weight excluding hydrogens is 188 g/mol. The summed E-state index contributed by atoms with van der Waals surface area (Å²) in [4.78, 5) is 11.8. The largest absolute Gasteiger partial charge is 0.356 e. The Hall–Kier alpha value is -0.570. The Morgan fingerprint density at radius 1 is 1.47 bits per heavy atom. The van der Waals surface area contributed by atoms with Crippen LogP contribution in [0.4, 0.5) is 0 Å². The summed E-state index contributed by atoms with van der Waals surface area (Å²) in [5, 5.41) is 6.32. The second kappa shape index (κ2) is 6.11. The highest BCUT2D eigenvalue weighted by Gasteiger charge is 2.21. The molecular formula is C12H24N2O. The van der Waals surface area contributed by atoms with Crippen molar-refractivity contribution in [3.05, 3.63) is 0 Å². The number of nitrogens with one attached hydrogen (secondary N) is 2. The van der Waals surface area contributed by atoms with E-state index < -0.39 is 0 Å². The molecule has 0 aromatic heterocycles. The highest BCUT2D eigenvalue weighted by molar-refractivity contribution is 5.78. The molecule has 0 aromatic carbocycles. The minimum absolute atomic E-state index is 0.193. The monoisotopic (exact) mass is 212 g/mol. The maximum atomic E-state index is 11.8. The first kappa shape index (κ1) is 12.5. The van der Waals surface area contributed by atoms with Crippen LogP contribution in [0.25, 0.3) is 0 Å². The van der Waals surface area contributed by atoms with Crippen LogP contribution < -0.4 is 10.6 Å².